The molecule has 0 saturated heterocycles. The summed E-state index contributed by atoms with van der Waals surface area (Å²) in [6.07, 6.45) is 2.97. The predicted molar refractivity (Wildman–Crippen MR) is 77.0 cm³/mol. The van der Waals surface area contributed by atoms with Crippen molar-refractivity contribution >= 4 is 5.78 Å². The highest BCUT2D eigenvalue weighted by Crippen LogP contribution is 2.44. The van der Waals surface area contributed by atoms with E-state index in [0.717, 1.165) is 30.8 Å². The van der Waals surface area contributed by atoms with Gasteiger partial charge in [0, 0.05) is 24.1 Å². The zero-order chi connectivity index (χ0) is 15.0. The molecule has 20 heavy (non-hydrogen) atoms. The average Bonchev–Trinajstić information content (AvgIpc) is 2.75. The maximum Gasteiger partial charge on any atom is 0.159 e. The van der Waals surface area contributed by atoms with Gasteiger partial charge in [0.1, 0.15) is 5.41 Å². The van der Waals surface area contributed by atoms with Gasteiger partial charge in [-0.3, -0.25) is 9.48 Å². The van der Waals surface area contributed by atoms with Crippen LogP contribution in [0.25, 0.3) is 0 Å². The Hall–Kier alpha value is -1.63. The summed E-state index contributed by atoms with van der Waals surface area (Å²) in [5.41, 5.74) is 0.677. The van der Waals surface area contributed by atoms with E-state index in [1.54, 1.807) is 0 Å². The number of carbonyl (C=O) groups is 1. The van der Waals surface area contributed by atoms with E-state index in [1.807, 2.05) is 38.4 Å². The number of hydrogen-bond donors (Lipinski definition) is 0. The first kappa shape index (κ1) is 14.8. The number of carbonyl (C=O) groups excluding carboxylic acids is 1. The third-order valence-corrected chi connectivity index (χ3v) is 4.44. The maximum atomic E-state index is 12.8. The Labute approximate surface area is 120 Å². The van der Waals surface area contributed by atoms with Gasteiger partial charge in [0.15, 0.2) is 5.78 Å². The Kier molecular flexibility index (Phi) is 3.73. The number of hydrogen-bond acceptors (Lipinski definition) is 3. The van der Waals surface area contributed by atoms with Gasteiger partial charge in [-0.1, -0.05) is 20.3 Å². The Morgan fingerprint density at radius 1 is 1.45 bits per heavy atom. The van der Waals surface area contributed by atoms with Gasteiger partial charge in [-0.15, -0.1) is 0 Å². The van der Waals surface area contributed by atoms with Crippen LogP contribution >= 0.6 is 0 Å². The molecule has 2 rings (SSSR count). The monoisotopic (exact) mass is 273 g/mol. The van der Waals surface area contributed by atoms with Gasteiger partial charge < -0.3 is 0 Å². The molecule has 0 N–H and O–H groups in total. The number of aryl methyl sites for hydroxylation is 2. The van der Waals surface area contributed by atoms with Gasteiger partial charge in [-0.25, -0.2) is 0 Å². The fourth-order valence-electron chi connectivity index (χ4n) is 3.35. The largest absolute Gasteiger partial charge is 0.297 e. The molecule has 1 aliphatic carbocycles. The molecule has 0 bridgehead atoms. The van der Waals surface area contributed by atoms with Crippen molar-refractivity contribution in [1.29, 1.82) is 5.26 Å². The van der Waals surface area contributed by atoms with E-state index in [1.165, 1.54) is 0 Å². The number of Topliss-reactive ketones (excluding diaryl/α,β-unsaturated/α-hetero) is 1. The molecule has 0 amide bonds. The van der Waals surface area contributed by atoms with E-state index in [9.17, 15) is 10.1 Å². The molecule has 1 fully saturated rings. The van der Waals surface area contributed by atoms with Crippen LogP contribution in [-0.2, 0) is 17.8 Å². The molecule has 1 atom stereocenters. The van der Waals surface area contributed by atoms with Crippen molar-refractivity contribution in [2.45, 2.75) is 59.9 Å². The summed E-state index contributed by atoms with van der Waals surface area (Å²) >= 11 is 0. The molecular weight excluding hydrogens is 250 g/mol. The van der Waals surface area contributed by atoms with Crippen LogP contribution in [0.5, 0.6) is 0 Å². The summed E-state index contributed by atoms with van der Waals surface area (Å²) in [4.78, 5) is 12.8. The lowest BCUT2D eigenvalue weighted by Gasteiger charge is -2.39. The molecule has 108 valence electrons. The molecule has 1 unspecified atom stereocenters. The smallest absolute Gasteiger partial charge is 0.159 e. The van der Waals surface area contributed by atoms with E-state index < -0.39 is 5.41 Å². The SMILES string of the molecule is CCn1nc(C)cc1CC1(C#N)CCCC(C)(C)C1=O. The number of nitrogens with zero attached hydrogens (tertiary/aromatic N) is 3. The summed E-state index contributed by atoms with van der Waals surface area (Å²) < 4.78 is 1.91. The minimum absolute atomic E-state index is 0.0975. The predicted octanol–water partition coefficient (Wildman–Crippen LogP) is 3.04. The second-order valence-corrected chi connectivity index (χ2v) is 6.53. The molecule has 0 aromatic carbocycles. The van der Waals surface area contributed by atoms with Gasteiger partial charge >= 0.3 is 0 Å². The minimum Gasteiger partial charge on any atom is -0.297 e. The van der Waals surface area contributed by atoms with E-state index in [-0.39, 0.29) is 11.2 Å². The van der Waals surface area contributed by atoms with Crippen LogP contribution in [0.3, 0.4) is 0 Å². The zero-order valence-electron chi connectivity index (χ0n) is 12.9. The Bertz CT molecular complexity index is 565. The van der Waals surface area contributed by atoms with Crippen molar-refractivity contribution in [1.82, 2.24) is 9.78 Å². The maximum absolute atomic E-state index is 12.8. The van der Waals surface area contributed by atoms with Crippen LogP contribution < -0.4 is 0 Å². The molecule has 4 nitrogen and oxygen atoms in total. The molecule has 1 aliphatic rings. The zero-order valence-corrected chi connectivity index (χ0v) is 12.9. The Morgan fingerprint density at radius 2 is 2.15 bits per heavy atom. The van der Waals surface area contributed by atoms with Gasteiger partial charge in [-0.05, 0) is 32.8 Å². The molecule has 0 spiro atoms. The standard InChI is InChI=1S/C16H23N3O/c1-5-19-13(9-12(2)18-19)10-16(11-17)8-6-7-15(3,4)14(16)20/h9H,5-8,10H2,1-4H3. The van der Waals surface area contributed by atoms with Crippen LogP contribution in [0.1, 0.15) is 51.4 Å². The summed E-state index contributed by atoms with van der Waals surface area (Å²) in [5.74, 6) is 0.0975. The molecule has 4 heteroatoms. The summed E-state index contributed by atoms with van der Waals surface area (Å²) in [6, 6.07) is 4.34. The first-order valence-corrected chi connectivity index (χ1v) is 7.34. The summed E-state index contributed by atoms with van der Waals surface area (Å²) in [5, 5.41) is 14.1. The third kappa shape index (κ3) is 2.37. The molecule has 0 aliphatic heterocycles. The lowest BCUT2D eigenvalue weighted by atomic mass is 9.61. The highest BCUT2D eigenvalue weighted by Gasteiger charge is 2.49. The van der Waals surface area contributed by atoms with Crippen LogP contribution in [0.15, 0.2) is 6.07 Å². The summed E-state index contributed by atoms with van der Waals surface area (Å²) in [7, 11) is 0. The van der Waals surface area contributed by atoms with Crippen molar-refractivity contribution in [3.63, 3.8) is 0 Å². The highest BCUT2D eigenvalue weighted by molar-refractivity contribution is 5.93. The van der Waals surface area contributed by atoms with Crippen molar-refractivity contribution in [2.24, 2.45) is 10.8 Å². The van der Waals surface area contributed by atoms with Crippen molar-refractivity contribution < 1.29 is 4.79 Å². The van der Waals surface area contributed by atoms with Gasteiger partial charge in [0.25, 0.3) is 0 Å². The van der Waals surface area contributed by atoms with Gasteiger partial charge in [0.2, 0.25) is 0 Å². The fraction of sp³-hybridized carbons (Fsp3) is 0.688. The number of nitriles is 1. The topological polar surface area (TPSA) is 58.7 Å². The fourth-order valence-corrected chi connectivity index (χ4v) is 3.35. The number of rotatable bonds is 3. The molecular formula is C16H23N3O. The van der Waals surface area contributed by atoms with Crippen molar-refractivity contribution in [2.75, 3.05) is 0 Å². The van der Waals surface area contributed by atoms with Gasteiger partial charge in [-0.2, -0.15) is 10.4 Å². The van der Waals surface area contributed by atoms with Crippen LogP contribution in [0.4, 0.5) is 0 Å². The van der Waals surface area contributed by atoms with Crippen LogP contribution in [-0.4, -0.2) is 15.6 Å². The number of aromatic nitrogens is 2. The number of ketones is 1. The van der Waals surface area contributed by atoms with Crippen molar-refractivity contribution in [3.8, 4) is 6.07 Å². The average molecular weight is 273 g/mol. The van der Waals surface area contributed by atoms with Crippen molar-refractivity contribution in [3.05, 3.63) is 17.5 Å². The molecule has 1 heterocycles. The lowest BCUT2D eigenvalue weighted by Crippen LogP contribution is -2.45. The van der Waals surface area contributed by atoms with Gasteiger partial charge in [0.05, 0.1) is 11.8 Å². The second-order valence-electron chi connectivity index (χ2n) is 6.53. The van der Waals surface area contributed by atoms with Crippen LogP contribution in [0, 0.1) is 29.1 Å². The lowest BCUT2D eigenvalue weighted by molar-refractivity contribution is -0.138. The third-order valence-electron chi connectivity index (χ3n) is 4.44. The normalized spacial score (nSPS) is 25.4. The van der Waals surface area contributed by atoms with E-state index in [2.05, 4.69) is 11.2 Å². The highest BCUT2D eigenvalue weighted by atomic mass is 16.1. The second kappa shape index (κ2) is 5.05. The Balaban J connectivity index is 2.37. The van der Waals surface area contributed by atoms with Crippen LogP contribution in [0.2, 0.25) is 0 Å². The van der Waals surface area contributed by atoms with E-state index in [0.29, 0.717) is 12.8 Å². The molecule has 1 aromatic heterocycles. The molecule has 0 radical (unpaired) electrons. The van der Waals surface area contributed by atoms with E-state index >= 15 is 0 Å². The van der Waals surface area contributed by atoms with E-state index in [4.69, 9.17) is 0 Å². The minimum atomic E-state index is -0.874. The molecule has 1 saturated carbocycles. The summed E-state index contributed by atoms with van der Waals surface area (Å²) in [6.45, 7) is 8.66. The Morgan fingerprint density at radius 3 is 2.75 bits per heavy atom. The molecule has 1 aromatic rings. The quantitative estimate of drug-likeness (QED) is 0.850. The first-order valence-electron chi connectivity index (χ1n) is 7.34. The first-order chi connectivity index (χ1) is 9.34.